The van der Waals surface area contributed by atoms with E-state index in [2.05, 4.69) is 29.4 Å². The lowest BCUT2D eigenvalue weighted by molar-refractivity contribution is 0.127. The summed E-state index contributed by atoms with van der Waals surface area (Å²) in [5.41, 5.74) is 8.33. The lowest BCUT2D eigenvalue weighted by Gasteiger charge is -2.09. The number of hydrogen-bond donors (Lipinski definition) is 1. The highest BCUT2D eigenvalue weighted by Crippen LogP contribution is 2.22. The van der Waals surface area contributed by atoms with Crippen LogP contribution in [0.2, 0.25) is 0 Å². The molecule has 0 aliphatic rings. The van der Waals surface area contributed by atoms with E-state index in [1.165, 1.54) is 0 Å². The summed E-state index contributed by atoms with van der Waals surface area (Å²) in [5.74, 6) is 0. The minimum atomic E-state index is 0.127. The van der Waals surface area contributed by atoms with Gasteiger partial charge in [0, 0.05) is 36.6 Å². The highest BCUT2D eigenvalue weighted by Gasteiger charge is 2.09. The molecule has 4 heteroatoms. The van der Waals surface area contributed by atoms with Gasteiger partial charge in [0.25, 0.3) is 0 Å². The Morgan fingerprint density at radius 3 is 2.80 bits per heavy atom. The number of ether oxygens (including phenoxy) is 1. The molecule has 1 atom stereocenters. The Hall–Kier alpha value is -1.23. The average Bonchev–Trinajstić information content (AvgIpc) is 2.93. The molecule has 0 radical (unpaired) electrons. The molecule has 0 spiro atoms. The van der Waals surface area contributed by atoms with E-state index in [4.69, 9.17) is 10.5 Å². The number of nitrogens with two attached hydrogens (primary N) is 1. The predicted molar refractivity (Wildman–Crippen MR) is 85.0 cm³/mol. The van der Waals surface area contributed by atoms with Gasteiger partial charge in [0.2, 0.25) is 0 Å². The number of hydrogen-bond acceptors (Lipinski definition) is 4. The lowest BCUT2D eigenvalue weighted by Crippen LogP contribution is -2.24. The Bertz CT molecular complexity index is 498. The van der Waals surface area contributed by atoms with Gasteiger partial charge in [-0.1, -0.05) is 37.3 Å². The van der Waals surface area contributed by atoms with Gasteiger partial charge in [-0.3, -0.25) is 0 Å². The van der Waals surface area contributed by atoms with Crippen LogP contribution in [0.4, 0.5) is 0 Å². The first-order chi connectivity index (χ1) is 9.79. The maximum absolute atomic E-state index is 6.12. The summed E-state index contributed by atoms with van der Waals surface area (Å²) in [6, 6.07) is 10.4. The molecule has 0 bridgehead atoms. The molecule has 0 fully saturated rings. The lowest BCUT2D eigenvalue weighted by atomic mass is 10.1. The zero-order valence-electron chi connectivity index (χ0n) is 11.9. The van der Waals surface area contributed by atoms with Crippen LogP contribution in [-0.2, 0) is 11.2 Å². The van der Waals surface area contributed by atoms with Crippen molar-refractivity contribution in [3.8, 4) is 11.3 Å². The smallest absolute Gasteiger partial charge is 0.0948 e. The van der Waals surface area contributed by atoms with Crippen molar-refractivity contribution in [3.63, 3.8) is 0 Å². The molecular formula is C16H22N2OS. The molecule has 0 saturated heterocycles. The predicted octanol–water partition coefficient (Wildman–Crippen LogP) is 3.50. The highest BCUT2D eigenvalue weighted by molar-refractivity contribution is 7.09. The van der Waals surface area contributed by atoms with Gasteiger partial charge in [0.05, 0.1) is 10.7 Å². The molecule has 0 aliphatic carbocycles. The van der Waals surface area contributed by atoms with Gasteiger partial charge in [0.1, 0.15) is 0 Å². The molecule has 2 rings (SSSR count). The van der Waals surface area contributed by atoms with E-state index >= 15 is 0 Å². The molecule has 1 aromatic heterocycles. The van der Waals surface area contributed by atoms with E-state index in [1.807, 2.05) is 18.2 Å². The number of nitrogens with zero attached hydrogens (tertiary/aromatic N) is 1. The van der Waals surface area contributed by atoms with Crippen molar-refractivity contribution in [2.24, 2.45) is 5.73 Å². The van der Waals surface area contributed by atoms with Gasteiger partial charge < -0.3 is 10.5 Å². The summed E-state index contributed by atoms with van der Waals surface area (Å²) in [6.07, 6.45) is 2.77. The van der Waals surface area contributed by atoms with Gasteiger partial charge in [-0.05, 0) is 12.8 Å². The van der Waals surface area contributed by atoms with Crippen molar-refractivity contribution in [2.75, 3.05) is 13.2 Å². The second-order valence-corrected chi connectivity index (χ2v) is 5.80. The van der Waals surface area contributed by atoms with Crippen molar-refractivity contribution >= 4 is 11.3 Å². The van der Waals surface area contributed by atoms with Crippen LogP contribution < -0.4 is 5.73 Å². The molecule has 0 saturated carbocycles. The Morgan fingerprint density at radius 2 is 2.05 bits per heavy atom. The van der Waals surface area contributed by atoms with Crippen LogP contribution in [0.5, 0.6) is 0 Å². The molecule has 2 N–H and O–H groups in total. The quantitative estimate of drug-likeness (QED) is 0.757. The van der Waals surface area contributed by atoms with Crippen LogP contribution in [-0.4, -0.2) is 24.2 Å². The Morgan fingerprint density at radius 1 is 1.25 bits per heavy atom. The largest absolute Gasteiger partial charge is 0.381 e. The summed E-state index contributed by atoms with van der Waals surface area (Å²) in [6.45, 7) is 3.68. The monoisotopic (exact) mass is 290 g/mol. The molecule has 3 nitrogen and oxygen atoms in total. The zero-order valence-corrected chi connectivity index (χ0v) is 12.7. The van der Waals surface area contributed by atoms with E-state index in [9.17, 15) is 0 Å². The third-order valence-corrected chi connectivity index (χ3v) is 3.91. The van der Waals surface area contributed by atoms with E-state index in [1.54, 1.807) is 11.3 Å². The van der Waals surface area contributed by atoms with Crippen LogP contribution in [0.3, 0.4) is 0 Å². The van der Waals surface area contributed by atoms with Crippen LogP contribution >= 0.6 is 11.3 Å². The second-order valence-electron chi connectivity index (χ2n) is 4.86. The van der Waals surface area contributed by atoms with Crippen LogP contribution in [0.25, 0.3) is 11.3 Å². The molecular weight excluding hydrogens is 268 g/mol. The first kappa shape index (κ1) is 15.2. The fourth-order valence-electron chi connectivity index (χ4n) is 1.95. The number of thiazole rings is 1. The first-order valence-electron chi connectivity index (χ1n) is 7.12. The summed E-state index contributed by atoms with van der Waals surface area (Å²) >= 11 is 1.68. The Labute approximate surface area is 124 Å². The molecule has 0 amide bonds. The van der Waals surface area contributed by atoms with Crippen LogP contribution in [0, 0.1) is 0 Å². The summed E-state index contributed by atoms with van der Waals surface area (Å²) < 4.78 is 5.47. The average molecular weight is 290 g/mol. The van der Waals surface area contributed by atoms with Gasteiger partial charge in [-0.15, -0.1) is 11.3 Å². The maximum atomic E-state index is 6.12. The van der Waals surface area contributed by atoms with Crippen molar-refractivity contribution < 1.29 is 4.74 Å². The Balaban J connectivity index is 1.83. The molecule has 20 heavy (non-hydrogen) atoms. The van der Waals surface area contributed by atoms with Crippen molar-refractivity contribution in [2.45, 2.75) is 32.2 Å². The van der Waals surface area contributed by atoms with Crippen LogP contribution in [0.1, 0.15) is 24.8 Å². The van der Waals surface area contributed by atoms with E-state index < -0.39 is 0 Å². The summed E-state index contributed by atoms with van der Waals surface area (Å²) in [7, 11) is 0. The number of benzene rings is 1. The minimum Gasteiger partial charge on any atom is -0.381 e. The van der Waals surface area contributed by atoms with Crippen molar-refractivity contribution in [3.05, 3.63) is 40.7 Å². The van der Waals surface area contributed by atoms with Crippen molar-refractivity contribution in [1.29, 1.82) is 0 Å². The molecule has 1 aromatic carbocycles. The molecule has 108 valence electrons. The summed E-state index contributed by atoms with van der Waals surface area (Å²) in [4.78, 5) is 4.66. The van der Waals surface area contributed by atoms with Crippen molar-refractivity contribution in [1.82, 2.24) is 4.98 Å². The zero-order chi connectivity index (χ0) is 14.2. The SMILES string of the molecule is CCCOCCC(N)Cc1nc(-c2ccccc2)cs1. The van der Waals surface area contributed by atoms with E-state index in [-0.39, 0.29) is 6.04 Å². The third-order valence-electron chi connectivity index (χ3n) is 3.04. The molecule has 2 aromatic rings. The Kier molecular flexibility index (Phi) is 6.18. The fourth-order valence-corrected chi connectivity index (χ4v) is 2.85. The maximum Gasteiger partial charge on any atom is 0.0948 e. The van der Waals surface area contributed by atoms with E-state index in [0.717, 1.165) is 48.7 Å². The standard InChI is InChI=1S/C16H22N2OS/c1-2-9-19-10-8-14(17)11-16-18-15(12-20-16)13-6-4-3-5-7-13/h3-7,12,14H,2,8-11,17H2,1H3. The highest BCUT2D eigenvalue weighted by atomic mass is 32.1. The molecule has 1 heterocycles. The molecule has 0 aliphatic heterocycles. The van der Waals surface area contributed by atoms with Gasteiger partial charge >= 0.3 is 0 Å². The minimum absolute atomic E-state index is 0.127. The van der Waals surface area contributed by atoms with Gasteiger partial charge in [-0.2, -0.15) is 0 Å². The van der Waals surface area contributed by atoms with E-state index in [0.29, 0.717) is 0 Å². The number of rotatable bonds is 8. The number of aromatic nitrogens is 1. The summed E-state index contributed by atoms with van der Waals surface area (Å²) in [5, 5.41) is 3.21. The topological polar surface area (TPSA) is 48.1 Å². The first-order valence-corrected chi connectivity index (χ1v) is 8.00. The molecule has 1 unspecified atom stereocenters. The normalized spacial score (nSPS) is 12.5. The third kappa shape index (κ3) is 4.71. The van der Waals surface area contributed by atoms with Gasteiger partial charge in [-0.25, -0.2) is 4.98 Å². The fraction of sp³-hybridized carbons (Fsp3) is 0.438. The van der Waals surface area contributed by atoms with Gasteiger partial charge in [0.15, 0.2) is 0 Å². The van der Waals surface area contributed by atoms with Crippen LogP contribution in [0.15, 0.2) is 35.7 Å². The second kappa shape index (κ2) is 8.15.